The molecule has 17 heavy (non-hydrogen) atoms. The SMILES string of the molecule is CCCCC(CC)C(=O)N1C(C)CCCC1C. The second kappa shape index (κ2) is 7.03. The summed E-state index contributed by atoms with van der Waals surface area (Å²) in [4.78, 5) is 14.8. The number of likely N-dealkylation sites (tertiary alicyclic amines) is 1. The van der Waals surface area contributed by atoms with Crippen molar-refractivity contribution in [3.05, 3.63) is 0 Å². The maximum absolute atomic E-state index is 12.6. The Bertz CT molecular complexity index is 229. The molecule has 3 unspecified atom stereocenters. The minimum Gasteiger partial charge on any atom is -0.337 e. The minimum atomic E-state index is 0.262. The van der Waals surface area contributed by atoms with Gasteiger partial charge in [0.05, 0.1) is 0 Å². The maximum Gasteiger partial charge on any atom is 0.226 e. The van der Waals surface area contributed by atoms with Gasteiger partial charge in [0.15, 0.2) is 0 Å². The summed E-state index contributed by atoms with van der Waals surface area (Å²) in [6, 6.07) is 0.892. The lowest BCUT2D eigenvalue weighted by molar-refractivity contribution is -0.142. The van der Waals surface area contributed by atoms with Gasteiger partial charge in [0.1, 0.15) is 0 Å². The summed E-state index contributed by atoms with van der Waals surface area (Å²) in [5.41, 5.74) is 0. The molecule has 0 radical (unpaired) electrons. The third kappa shape index (κ3) is 3.72. The first kappa shape index (κ1) is 14.5. The first-order valence-electron chi connectivity index (χ1n) is 7.43. The molecule has 3 atom stereocenters. The zero-order chi connectivity index (χ0) is 12.8. The van der Waals surface area contributed by atoms with E-state index in [4.69, 9.17) is 0 Å². The number of hydrogen-bond donors (Lipinski definition) is 0. The van der Waals surface area contributed by atoms with Crippen molar-refractivity contribution in [1.29, 1.82) is 0 Å². The van der Waals surface area contributed by atoms with Crippen LogP contribution < -0.4 is 0 Å². The Morgan fingerprint density at radius 2 is 1.82 bits per heavy atom. The number of nitrogens with zero attached hydrogens (tertiary/aromatic N) is 1. The summed E-state index contributed by atoms with van der Waals surface area (Å²) >= 11 is 0. The van der Waals surface area contributed by atoms with E-state index >= 15 is 0 Å². The van der Waals surface area contributed by atoms with Crippen molar-refractivity contribution in [1.82, 2.24) is 4.90 Å². The van der Waals surface area contributed by atoms with E-state index in [1.165, 1.54) is 32.1 Å². The zero-order valence-electron chi connectivity index (χ0n) is 12.0. The van der Waals surface area contributed by atoms with Crippen molar-refractivity contribution < 1.29 is 4.79 Å². The van der Waals surface area contributed by atoms with Crippen molar-refractivity contribution in [2.45, 2.75) is 84.7 Å². The van der Waals surface area contributed by atoms with Crippen LogP contribution in [-0.4, -0.2) is 22.9 Å². The summed E-state index contributed by atoms with van der Waals surface area (Å²) in [5.74, 6) is 0.679. The predicted octanol–water partition coefficient (Wildman–Crippen LogP) is 3.99. The molecule has 1 fully saturated rings. The molecule has 100 valence electrons. The Morgan fingerprint density at radius 3 is 2.29 bits per heavy atom. The maximum atomic E-state index is 12.6. The Kier molecular flexibility index (Phi) is 6.01. The van der Waals surface area contributed by atoms with Crippen molar-refractivity contribution in [2.24, 2.45) is 5.92 Å². The van der Waals surface area contributed by atoms with Crippen LogP contribution in [-0.2, 0) is 4.79 Å². The van der Waals surface area contributed by atoms with E-state index < -0.39 is 0 Å². The van der Waals surface area contributed by atoms with Crippen LogP contribution in [0.3, 0.4) is 0 Å². The highest BCUT2D eigenvalue weighted by molar-refractivity contribution is 5.79. The normalized spacial score (nSPS) is 26.9. The molecule has 1 rings (SSSR count). The molecule has 0 aromatic heterocycles. The van der Waals surface area contributed by atoms with Crippen LogP contribution in [0.1, 0.15) is 72.6 Å². The van der Waals surface area contributed by atoms with Gasteiger partial charge in [-0.05, 0) is 46.0 Å². The van der Waals surface area contributed by atoms with E-state index in [0.717, 1.165) is 12.8 Å². The Balaban J connectivity index is 2.64. The zero-order valence-corrected chi connectivity index (χ0v) is 12.0. The predicted molar refractivity (Wildman–Crippen MR) is 72.9 cm³/mol. The van der Waals surface area contributed by atoms with E-state index in [1.807, 2.05) is 0 Å². The second-order valence-corrected chi connectivity index (χ2v) is 5.62. The first-order chi connectivity index (χ1) is 8.11. The lowest BCUT2D eigenvalue weighted by atomic mass is 9.92. The van der Waals surface area contributed by atoms with Crippen LogP contribution >= 0.6 is 0 Å². The quantitative estimate of drug-likeness (QED) is 0.710. The Morgan fingerprint density at radius 1 is 1.24 bits per heavy atom. The van der Waals surface area contributed by atoms with Crippen LogP contribution in [0.15, 0.2) is 0 Å². The van der Waals surface area contributed by atoms with Crippen molar-refractivity contribution in [3.8, 4) is 0 Å². The highest BCUT2D eigenvalue weighted by atomic mass is 16.2. The molecule has 0 aromatic rings. The number of carbonyl (C=O) groups is 1. The number of rotatable bonds is 5. The smallest absolute Gasteiger partial charge is 0.226 e. The van der Waals surface area contributed by atoms with Crippen LogP contribution in [0.2, 0.25) is 0 Å². The molecule has 2 nitrogen and oxygen atoms in total. The average molecular weight is 239 g/mol. The van der Waals surface area contributed by atoms with E-state index in [-0.39, 0.29) is 5.92 Å². The van der Waals surface area contributed by atoms with E-state index in [9.17, 15) is 4.79 Å². The van der Waals surface area contributed by atoms with E-state index in [1.54, 1.807) is 0 Å². The summed E-state index contributed by atoms with van der Waals surface area (Å²) in [7, 11) is 0. The molecule has 0 N–H and O–H groups in total. The standard InChI is InChI=1S/C15H29NO/c1-5-7-11-14(6-2)15(17)16-12(3)9-8-10-13(16)4/h12-14H,5-11H2,1-4H3. The van der Waals surface area contributed by atoms with Gasteiger partial charge in [-0.15, -0.1) is 0 Å². The number of unbranched alkanes of at least 4 members (excludes halogenated alkanes) is 1. The van der Waals surface area contributed by atoms with Gasteiger partial charge in [-0.2, -0.15) is 0 Å². The molecule has 1 saturated heterocycles. The van der Waals surface area contributed by atoms with Crippen molar-refractivity contribution >= 4 is 5.91 Å². The van der Waals surface area contributed by atoms with Crippen molar-refractivity contribution in [3.63, 3.8) is 0 Å². The molecule has 1 amide bonds. The van der Waals surface area contributed by atoms with Crippen LogP contribution in [0.25, 0.3) is 0 Å². The van der Waals surface area contributed by atoms with Gasteiger partial charge in [0, 0.05) is 18.0 Å². The lowest BCUT2D eigenvalue weighted by Gasteiger charge is -2.41. The second-order valence-electron chi connectivity index (χ2n) is 5.62. The van der Waals surface area contributed by atoms with Gasteiger partial charge in [-0.3, -0.25) is 4.79 Å². The number of hydrogen-bond acceptors (Lipinski definition) is 1. The molecule has 1 heterocycles. The molecule has 2 heteroatoms. The van der Waals surface area contributed by atoms with Gasteiger partial charge >= 0.3 is 0 Å². The fraction of sp³-hybridized carbons (Fsp3) is 0.933. The fourth-order valence-electron chi connectivity index (χ4n) is 3.02. The van der Waals surface area contributed by atoms with Gasteiger partial charge in [-0.1, -0.05) is 26.7 Å². The largest absolute Gasteiger partial charge is 0.337 e. The number of carbonyl (C=O) groups excluding carboxylic acids is 1. The lowest BCUT2D eigenvalue weighted by Crippen LogP contribution is -2.49. The van der Waals surface area contributed by atoms with Gasteiger partial charge in [-0.25, -0.2) is 0 Å². The molecule has 1 aliphatic rings. The monoisotopic (exact) mass is 239 g/mol. The molecule has 0 aliphatic carbocycles. The van der Waals surface area contributed by atoms with Crippen LogP contribution in [0.4, 0.5) is 0 Å². The summed E-state index contributed by atoms with van der Waals surface area (Å²) in [6.07, 6.45) is 8.07. The third-order valence-corrected chi connectivity index (χ3v) is 4.20. The molecular weight excluding hydrogens is 210 g/mol. The van der Waals surface area contributed by atoms with Gasteiger partial charge in [0.25, 0.3) is 0 Å². The highest BCUT2D eigenvalue weighted by Crippen LogP contribution is 2.26. The fourth-order valence-corrected chi connectivity index (χ4v) is 3.02. The Labute approximate surface area is 107 Å². The number of piperidine rings is 1. The van der Waals surface area contributed by atoms with E-state index in [2.05, 4.69) is 32.6 Å². The van der Waals surface area contributed by atoms with Crippen LogP contribution in [0, 0.1) is 5.92 Å². The molecular formula is C15H29NO. The molecule has 0 saturated carbocycles. The molecule has 0 aromatic carbocycles. The Hall–Kier alpha value is -0.530. The topological polar surface area (TPSA) is 20.3 Å². The van der Waals surface area contributed by atoms with E-state index in [0.29, 0.717) is 18.0 Å². The number of amides is 1. The van der Waals surface area contributed by atoms with Gasteiger partial charge in [0.2, 0.25) is 5.91 Å². The van der Waals surface area contributed by atoms with Crippen molar-refractivity contribution in [2.75, 3.05) is 0 Å². The highest BCUT2D eigenvalue weighted by Gasteiger charge is 2.32. The first-order valence-corrected chi connectivity index (χ1v) is 7.43. The molecule has 0 bridgehead atoms. The summed E-state index contributed by atoms with van der Waals surface area (Å²) < 4.78 is 0. The molecule has 1 aliphatic heterocycles. The van der Waals surface area contributed by atoms with Crippen LogP contribution in [0.5, 0.6) is 0 Å². The van der Waals surface area contributed by atoms with Gasteiger partial charge < -0.3 is 4.90 Å². The average Bonchev–Trinajstić information content (AvgIpc) is 2.30. The minimum absolute atomic E-state index is 0.262. The molecule has 0 spiro atoms. The summed E-state index contributed by atoms with van der Waals surface area (Å²) in [5, 5.41) is 0. The summed E-state index contributed by atoms with van der Waals surface area (Å²) in [6.45, 7) is 8.76. The third-order valence-electron chi connectivity index (χ3n) is 4.20.